The number of hydrogen-bond acceptors (Lipinski definition) is 5. The number of aliphatic hydroxyl groups excluding tert-OH is 1. The van der Waals surface area contributed by atoms with E-state index in [1.165, 1.54) is 55.5 Å². The van der Waals surface area contributed by atoms with Crippen molar-refractivity contribution < 1.29 is 28.6 Å². The van der Waals surface area contributed by atoms with Crippen molar-refractivity contribution >= 4 is 46.3 Å². The maximum absolute atomic E-state index is 13.5. The summed E-state index contributed by atoms with van der Waals surface area (Å²) in [5, 5.41) is 11.4. The minimum Gasteiger partial charge on any atom is -0.507 e. The van der Waals surface area contributed by atoms with Crippen molar-refractivity contribution in [3.8, 4) is 11.5 Å². The second kappa shape index (κ2) is 9.37. The molecule has 1 saturated heterocycles. The van der Waals surface area contributed by atoms with Gasteiger partial charge in [-0.25, -0.2) is 4.39 Å². The summed E-state index contributed by atoms with van der Waals surface area (Å²) in [7, 11) is 2.90. The zero-order valence-electron chi connectivity index (χ0n) is 18.0. The number of aliphatic hydroxyl groups is 1. The number of halogens is 3. The van der Waals surface area contributed by atoms with Crippen LogP contribution in [-0.4, -0.2) is 31.0 Å². The van der Waals surface area contributed by atoms with E-state index in [-0.39, 0.29) is 32.6 Å². The molecular weight excluding hydrogens is 484 g/mol. The van der Waals surface area contributed by atoms with Gasteiger partial charge in [0, 0.05) is 11.3 Å². The van der Waals surface area contributed by atoms with E-state index in [0.29, 0.717) is 11.3 Å². The Kier molecular flexibility index (Phi) is 6.50. The molecule has 0 aromatic heterocycles. The molecule has 1 aliphatic heterocycles. The molecule has 0 radical (unpaired) electrons. The van der Waals surface area contributed by atoms with Crippen LogP contribution in [0.5, 0.6) is 11.5 Å². The van der Waals surface area contributed by atoms with Gasteiger partial charge < -0.3 is 14.6 Å². The van der Waals surface area contributed by atoms with Crippen LogP contribution in [0.2, 0.25) is 10.0 Å². The summed E-state index contributed by atoms with van der Waals surface area (Å²) < 4.78 is 23.9. The molecule has 34 heavy (non-hydrogen) atoms. The van der Waals surface area contributed by atoms with Crippen LogP contribution < -0.4 is 14.4 Å². The van der Waals surface area contributed by atoms with E-state index in [4.69, 9.17) is 32.7 Å². The lowest BCUT2D eigenvalue weighted by Crippen LogP contribution is -2.29. The highest BCUT2D eigenvalue weighted by Crippen LogP contribution is 2.44. The molecule has 1 N–H and O–H groups in total. The molecule has 9 heteroatoms. The van der Waals surface area contributed by atoms with E-state index in [0.717, 1.165) is 0 Å². The number of carbonyl (C=O) groups is 2. The standard InChI is InChI=1S/C25H18Cl2FNO5/c1-33-17-9-3-13(4-10-17)21-20(22(30)14-11-18(26)24(34-2)19(27)12-14)23(31)25(32)29(21)16-7-5-15(28)6-8-16/h3-12,21,30H,1-2H3/b22-20+. The molecule has 1 amide bonds. The van der Waals surface area contributed by atoms with Gasteiger partial charge >= 0.3 is 0 Å². The highest BCUT2D eigenvalue weighted by molar-refractivity contribution is 6.51. The van der Waals surface area contributed by atoms with Crippen LogP contribution >= 0.6 is 23.2 Å². The fraction of sp³-hybridized carbons (Fsp3) is 0.120. The van der Waals surface area contributed by atoms with Crippen molar-refractivity contribution in [1.29, 1.82) is 0 Å². The van der Waals surface area contributed by atoms with Crippen LogP contribution in [0.25, 0.3) is 5.76 Å². The van der Waals surface area contributed by atoms with Crippen LogP contribution in [0.3, 0.4) is 0 Å². The van der Waals surface area contributed by atoms with Gasteiger partial charge in [0.1, 0.15) is 17.3 Å². The molecule has 4 rings (SSSR count). The van der Waals surface area contributed by atoms with E-state index in [1.807, 2.05) is 0 Å². The maximum Gasteiger partial charge on any atom is 0.300 e. The highest BCUT2D eigenvalue weighted by Gasteiger charge is 2.47. The molecule has 174 valence electrons. The summed E-state index contributed by atoms with van der Waals surface area (Å²) in [6.45, 7) is 0. The lowest BCUT2D eigenvalue weighted by molar-refractivity contribution is -0.132. The van der Waals surface area contributed by atoms with E-state index < -0.39 is 29.3 Å². The SMILES string of the molecule is COc1ccc(C2/C(=C(\O)c3cc(Cl)c(OC)c(Cl)c3)C(=O)C(=O)N2c2ccc(F)cc2)cc1. The topological polar surface area (TPSA) is 76.1 Å². The second-order valence-electron chi connectivity index (χ2n) is 7.39. The van der Waals surface area contributed by atoms with Gasteiger partial charge in [-0.3, -0.25) is 14.5 Å². The van der Waals surface area contributed by atoms with Crippen LogP contribution in [0.4, 0.5) is 10.1 Å². The number of nitrogens with zero attached hydrogens (tertiary/aromatic N) is 1. The Balaban J connectivity index is 1.94. The lowest BCUT2D eigenvalue weighted by atomic mass is 9.95. The summed E-state index contributed by atoms with van der Waals surface area (Å²) in [4.78, 5) is 27.5. The molecule has 6 nitrogen and oxygen atoms in total. The number of carbonyl (C=O) groups excluding carboxylic acids is 2. The normalized spacial score (nSPS) is 17.2. The minimum absolute atomic E-state index is 0.116. The van der Waals surface area contributed by atoms with Crippen molar-refractivity contribution in [2.75, 3.05) is 19.1 Å². The van der Waals surface area contributed by atoms with Crippen LogP contribution in [0.15, 0.2) is 66.2 Å². The Bertz CT molecular complexity index is 1280. The predicted molar refractivity (Wildman–Crippen MR) is 127 cm³/mol. The summed E-state index contributed by atoms with van der Waals surface area (Å²) in [5.74, 6) is -1.97. The molecule has 0 saturated carbocycles. The second-order valence-corrected chi connectivity index (χ2v) is 8.21. The van der Waals surface area contributed by atoms with Gasteiger partial charge in [-0.1, -0.05) is 35.3 Å². The molecule has 1 heterocycles. The first-order valence-electron chi connectivity index (χ1n) is 10.0. The number of benzene rings is 3. The Hall–Kier alpha value is -3.55. The number of anilines is 1. The van der Waals surface area contributed by atoms with Gasteiger partial charge in [-0.15, -0.1) is 0 Å². The van der Waals surface area contributed by atoms with Crippen molar-refractivity contribution in [2.45, 2.75) is 6.04 Å². The fourth-order valence-corrected chi connectivity index (χ4v) is 4.49. The van der Waals surface area contributed by atoms with Gasteiger partial charge in [0.05, 0.1) is 35.9 Å². The van der Waals surface area contributed by atoms with Crippen molar-refractivity contribution in [1.82, 2.24) is 0 Å². The van der Waals surface area contributed by atoms with Crippen LogP contribution in [0.1, 0.15) is 17.2 Å². The summed E-state index contributed by atoms with van der Waals surface area (Å²) >= 11 is 12.4. The number of hydrogen-bond donors (Lipinski definition) is 1. The van der Waals surface area contributed by atoms with Gasteiger partial charge in [0.2, 0.25) is 0 Å². The molecule has 0 bridgehead atoms. The number of ketones is 1. The largest absolute Gasteiger partial charge is 0.507 e. The molecule has 1 aliphatic rings. The van der Waals surface area contributed by atoms with Gasteiger partial charge in [0.25, 0.3) is 11.7 Å². The lowest BCUT2D eigenvalue weighted by Gasteiger charge is -2.25. The van der Waals surface area contributed by atoms with E-state index >= 15 is 0 Å². The molecule has 3 aromatic rings. The molecule has 0 aliphatic carbocycles. The first-order valence-corrected chi connectivity index (χ1v) is 10.8. The molecule has 3 aromatic carbocycles. The number of amides is 1. The average Bonchev–Trinajstić information content (AvgIpc) is 3.09. The van der Waals surface area contributed by atoms with Crippen LogP contribution in [-0.2, 0) is 9.59 Å². The van der Waals surface area contributed by atoms with Crippen LogP contribution in [0, 0.1) is 5.82 Å². The Morgan fingerprint density at radius 3 is 2.06 bits per heavy atom. The number of methoxy groups -OCH3 is 2. The molecular formula is C25H18Cl2FNO5. The third-order valence-corrected chi connectivity index (χ3v) is 6.02. The molecule has 1 atom stereocenters. The molecule has 1 unspecified atom stereocenters. The zero-order chi connectivity index (χ0) is 24.6. The molecule has 1 fully saturated rings. The number of rotatable bonds is 5. The Morgan fingerprint density at radius 1 is 0.941 bits per heavy atom. The van der Waals surface area contributed by atoms with Gasteiger partial charge in [0.15, 0.2) is 5.75 Å². The Morgan fingerprint density at radius 2 is 1.53 bits per heavy atom. The van der Waals surface area contributed by atoms with Crippen molar-refractivity contribution in [3.05, 3.63) is 93.2 Å². The maximum atomic E-state index is 13.5. The third-order valence-electron chi connectivity index (χ3n) is 5.46. The monoisotopic (exact) mass is 501 g/mol. The average molecular weight is 502 g/mol. The minimum atomic E-state index is -1.00. The fourth-order valence-electron chi connectivity index (χ4n) is 3.85. The first-order chi connectivity index (χ1) is 16.3. The molecule has 0 spiro atoms. The quantitative estimate of drug-likeness (QED) is 0.272. The number of ether oxygens (including phenoxy) is 2. The van der Waals surface area contributed by atoms with E-state index in [1.54, 1.807) is 24.3 Å². The summed E-state index contributed by atoms with van der Waals surface area (Å²) in [5.41, 5.74) is 0.772. The highest BCUT2D eigenvalue weighted by atomic mass is 35.5. The third kappa shape index (κ3) is 4.08. The summed E-state index contributed by atoms with van der Waals surface area (Å²) in [6, 6.07) is 13.6. The zero-order valence-corrected chi connectivity index (χ0v) is 19.5. The summed E-state index contributed by atoms with van der Waals surface area (Å²) in [6.07, 6.45) is 0. The first kappa shape index (κ1) is 23.6. The van der Waals surface area contributed by atoms with E-state index in [9.17, 15) is 19.1 Å². The predicted octanol–water partition coefficient (Wildman–Crippen LogP) is 5.78. The van der Waals surface area contributed by atoms with Gasteiger partial charge in [-0.05, 0) is 54.1 Å². The number of Topliss-reactive ketones (excluding diaryl/α,β-unsaturated/α-hetero) is 1. The van der Waals surface area contributed by atoms with Crippen molar-refractivity contribution in [2.24, 2.45) is 0 Å². The van der Waals surface area contributed by atoms with Gasteiger partial charge in [-0.2, -0.15) is 0 Å². The smallest absolute Gasteiger partial charge is 0.300 e. The van der Waals surface area contributed by atoms with Crippen molar-refractivity contribution in [3.63, 3.8) is 0 Å². The van der Waals surface area contributed by atoms with E-state index in [2.05, 4.69) is 0 Å². The Labute approximate surface area is 204 Å².